The molecule has 10 heteroatoms. The fraction of sp³-hybridized carbons (Fsp3) is 0.0204. The minimum absolute atomic E-state index is 0.101. The molecule has 0 aliphatic rings. The zero-order valence-electron chi connectivity index (χ0n) is 30.8. The first kappa shape index (κ1) is 34.9. The van der Waals surface area contributed by atoms with Gasteiger partial charge >= 0.3 is 15.6 Å². The van der Waals surface area contributed by atoms with Crippen LogP contribution in [0.25, 0.3) is 99.2 Å². The first-order valence-electron chi connectivity index (χ1n) is 18.8. The van der Waals surface area contributed by atoms with Crippen molar-refractivity contribution in [1.82, 2.24) is 9.13 Å². The van der Waals surface area contributed by atoms with E-state index >= 15 is 0 Å². The maximum Gasteiger partial charge on any atom is 0.534 e. The molecule has 0 radical (unpaired) electrons. The van der Waals surface area contributed by atoms with Gasteiger partial charge in [-0.25, -0.2) is 0 Å². The molecule has 0 amide bonds. The van der Waals surface area contributed by atoms with Gasteiger partial charge in [0.2, 0.25) is 0 Å². The van der Waals surface area contributed by atoms with Crippen LogP contribution in [-0.4, -0.2) is 23.1 Å². The third-order valence-corrected chi connectivity index (χ3v) is 12.0. The summed E-state index contributed by atoms with van der Waals surface area (Å²) in [6.45, 7) is 0. The molecule has 0 atom stereocenters. The number of benzene rings is 8. The minimum Gasteiger partial charge on any atom is -0.456 e. The molecule has 0 aliphatic carbocycles. The maximum atomic E-state index is 14.7. The number of alkyl halides is 3. The Hall–Kier alpha value is -7.30. The maximum absolute atomic E-state index is 14.7. The van der Waals surface area contributed by atoms with Gasteiger partial charge in [-0.3, -0.25) is 0 Å². The summed E-state index contributed by atoms with van der Waals surface area (Å²) in [5, 5.41) is 4.41. The number of aromatic nitrogens is 2. The highest BCUT2D eigenvalue weighted by Gasteiger charge is 2.49. The van der Waals surface area contributed by atoms with Gasteiger partial charge in [0.1, 0.15) is 11.2 Å². The lowest BCUT2D eigenvalue weighted by Crippen LogP contribution is -2.28. The molecule has 0 aliphatic heterocycles. The fourth-order valence-corrected chi connectivity index (χ4v) is 9.20. The minimum atomic E-state index is -6.24. The smallest absolute Gasteiger partial charge is 0.456 e. The summed E-state index contributed by atoms with van der Waals surface area (Å²) in [6.07, 6.45) is 0. The Morgan fingerprint density at radius 2 is 0.949 bits per heavy atom. The van der Waals surface area contributed by atoms with Crippen molar-refractivity contribution in [1.29, 1.82) is 0 Å². The van der Waals surface area contributed by atoms with Crippen molar-refractivity contribution in [3.63, 3.8) is 0 Å². The van der Waals surface area contributed by atoms with Crippen LogP contribution in [-0.2, 0) is 10.1 Å². The molecule has 0 unspecified atom stereocenters. The molecule has 59 heavy (non-hydrogen) atoms. The summed E-state index contributed by atoms with van der Waals surface area (Å²) in [7, 11) is -6.24. The van der Waals surface area contributed by atoms with Gasteiger partial charge in [0.15, 0.2) is 5.75 Å². The number of hydrogen-bond acceptors (Lipinski definition) is 4. The van der Waals surface area contributed by atoms with E-state index in [1.165, 1.54) is 0 Å². The van der Waals surface area contributed by atoms with Gasteiger partial charge in [-0.15, -0.1) is 0 Å². The van der Waals surface area contributed by atoms with E-state index in [1.807, 2.05) is 156 Å². The van der Waals surface area contributed by atoms with E-state index in [4.69, 9.17) is 8.60 Å². The molecule has 0 spiro atoms. The van der Waals surface area contributed by atoms with Crippen molar-refractivity contribution in [2.75, 3.05) is 0 Å². The molecular weight excluding hydrogens is 770 g/mol. The topological polar surface area (TPSA) is 66.4 Å². The molecule has 3 aromatic heterocycles. The van der Waals surface area contributed by atoms with Crippen LogP contribution in [0, 0.1) is 0 Å². The van der Waals surface area contributed by atoms with Gasteiger partial charge in [-0.05, 0) is 48.5 Å². The van der Waals surface area contributed by atoms with Crippen LogP contribution in [0.3, 0.4) is 0 Å². The van der Waals surface area contributed by atoms with Crippen LogP contribution in [0.15, 0.2) is 180 Å². The first-order chi connectivity index (χ1) is 28.7. The van der Waals surface area contributed by atoms with Crippen molar-refractivity contribution in [2.24, 2.45) is 0 Å². The molecule has 0 N–H and O–H groups in total. The van der Waals surface area contributed by atoms with E-state index in [0.29, 0.717) is 44.1 Å². The number of fused-ring (bicyclic) bond motifs is 9. The number of para-hydroxylation sites is 7. The van der Waals surface area contributed by atoms with E-state index in [1.54, 1.807) is 24.3 Å². The quantitative estimate of drug-likeness (QED) is 0.124. The number of nitrogens with zero attached hydrogens (tertiary/aromatic N) is 2. The molecule has 0 bridgehead atoms. The van der Waals surface area contributed by atoms with E-state index in [-0.39, 0.29) is 11.1 Å². The Bertz CT molecular complexity index is 3590. The molecule has 0 fully saturated rings. The standard InChI is InChI=1S/C49H29F3N2O4S/c50-49(51,52)59(55,56)58-48-39(36-24-13-22-34-32-19-7-10-26-40(32)53(46(34)36)30-15-3-1-4-16-30)29-43-44(37-21-9-12-28-42(37)57-43)45(48)38-25-14-23-35-33-20-8-11-27-41(33)54(47(35)38)31-17-5-2-6-18-31/h1-29H. The van der Waals surface area contributed by atoms with Crippen LogP contribution >= 0.6 is 0 Å². The highest BCUT2D eigenvalue weighted by Crippen LogP contribution is 2.53. The lowest BCUT2D eigenvalue weighted by molar-refractivity contribution is -0.0499. The Labute approximate surface area is 334 Å². The summed E-state index contributed by atoms with van der Waals surface area (Å²) in [5.74, 6) is -0.476. The molecule has 11 aromatic rings. The summed E-state index contributed by atoms with van der Waals surface area (Å²) >= 11 is 0. The molecular formula is C49H29F3N2O4S. The second-order valence-electron chi connectivity index (χ2n) is 14.4. The SMILES string of the molecule is O=S(=O)(Oc1c(-c2cccc3c4ccccc4n(-c4ccccc4)c23)cc2oc3ccccc3c2c1-c1cccc2c3ccccc3n(-c3ccccc3)c12)C(F)(F)F. The summed E-state index contributed by atoms with van der Waals surface area (Å²) < 4.78 is 87.4. The van der Waals surface area contributed by atoms with Gasteiger partial charge in [0, 0.05) is 65.9 Å². The van der Waals surface area contributed by atoms with Crippen LogP contribution in [0.4, 0.5) is 13.2 Å². The number of hydrogen-bond donors (Lipinski definition) is 0. The first-order valence-corrected chi connectivity index (χ1v) is 20.3. The summed E-state index contributed by atoms with van der Waals surface area (Å²) in [5.41, 5.74) is 0.804. The van der Waals surface area contributed by atoms with Crippen molar-refractivity contribution in [2.45, 2.75) is 5.51 Å². The van der Waals surface area contributed by atoms with Crippen LogP contribution in [0.5, 0.6) is 5.75 Å². The molecule has 6 nitrogen and oxygen atoms in total. The highest BCUT2D eigenvalue weighted by molar-refractivity contribution is 7.88. The van der Waals surface area contributed by atoms with Crippen molar-refractivity contribution >= 4 is 75.7 Å². The largest absolute Gasteiger partial charge is 0.534 e. The predicted molar refractivity (Wildman–Crippen MR) is 229 cm³/mol. The van der Waals surface area contributed by atoms with Gasteiger partial charge in [-0.2, -0.15) is 21.6 Å². The number of halogens is 3. The highest BCUT2D eigenvalue weighted by atomic mass is 32.2. The zero-order valence-corrected chi connectivity index (χ0v) is 31.6. The normalized spacial score (nSPS) is 12.5. The number of furan rings is 1. The summed E-state index contributed by atoms with van der Waals surface area (Å²) in [6, 6.07) is 54.9. The van der Waals surface area contributed by atoms with Crippen LogP contribution < -0.4 is 4.18 Å². The summed E-state index contributed by atoms with van der Waals surface area (Å²) in [4.78, 5) is 0. The van der Waals surface area contributed by atoms with E-state index < -0.39 is 21.4 Å². The third-order valence-electron chi connectivity index (χ3n) is 11.1. The van der Waals surface area contributed by atoms with Crippen LogP contribution in [0.1, 0.15) is 0 Å². The molecule has 0 saturated heterocycles. The Kier molecular flexibility index (Phi) is 7.61. The third kappa shape index (κ3) is 5.23. The molecule has 11 rings (SSSR count). The molecule has 0 saturated carbocycles. The van der Waals surface area contributed by atoms with Gasteiger partial charge in [-0.1, -0.05) is 127 Å². The van der Waals surface area contributed by atoms with E-state index in [9.17, 15) is 21.6 Å². The Morgan fingerprint density at radius 1 is 0.475 bits per heavy atom. The van der Waals surface area contributed by atoms with Crippen molar-refractivity contribution < 1.29 is 30.2 Å². The Morgan fingerprint density at radius 3 is 1.53 bits per heavy atom. The predicted octanol–water partition coefficient (Wildman–Crippen LogP) is 13.3. The molecule has 3 heterocycles. The van der Waals surface area contributed by atoms with Gasteiger partial charge in [0.25, 0.3) is 0 Å². The van der Waals surface area contributed by atoms with Crippen LogP contribution in [0.2, 0.25) is 0 Å². The van der Waals surface area contributed by atoms with Gasteiger partial charge in [0.05, 0.1) is 22.1 Å². The second kappa shape index (κ2) is 12.9. The fourth-order valence-electron chi connectivity index (χ4n) is 8.72. The lowest BCUT2D eigenvalue weighted by Gasteiger charge is -2.20. The average Bonchev–Trinajstić information content (AvgIpc) is 3.91. The zero-order chi connectivity index (χ0) is 40.0. The van der Waals surface area contributed by atoms with Crippen molar-refractivity contribution in [3.8, 4) is 39.4 Å². The molecule has 286 valence electrons. The monoisotopic (exact) mass is 798 g/mol. The lowest BCUT2D eigenvalue weighted by atomic mass is 9.91. The van der Waals surface area contributed by atoms with Crippen molar-refractivity contribution in [3.05, 3.63) is 176 Å². The second-order valence-corrected chi connectivity index (χ2v) is 15.9. The number of rotatable bonds is 6. The van der Waals surface area contributed by atoms with Gasteiger partial charge < -0.3 is 17.7 Å². The van der Waals surface area contributed by atoms with E-state index in [2.05, 4.69) is 4.57 Å². The van der Waals surface area contributed by atoms with E-state index in [0.717, 1.165) is 44.0 Å². The molecule has 8 aromatic carbocycles. The Balaban J connectivity index is 1.38. The average molecular weight is 799 g/mol.